The summed E-state index contributed by atoms with van der Waals surface area (Å²) < 4.78 is 0. The molecule has 2 heterocycles. The van der Waals surface area contributed by atoms with Crippen molar-refractivity contribution in [3.63, 3.8) is 0 Å². The highest BCUT2D eigenvalue weighted by Crippen LogP contribution is 2.27. The van der Waals surface area contributed by atoms with Crippen LogP contribution in [0.4, 0.5) is 5.69 Å². The van der Waals surface area contributed by atoms with Gasteiger partial charge >= 0.3 is 0 Å². The lowest BCUT2D eigenvalue weighted by molar-refractivity contribution is 0.726. The monoisotopic (exact) mass is 474 g/mol. The predicted molar refractivity (Wildman–Crippen MR) is 122 cm³/mol. The Morgan fingerprint density at radius 2 is 2.20 bits per heavy atom. The largest absolute Gasteiger partial charge is 0.374 e. The minimum absolute atomic E-state index is 0. The number of aliphatic imine (C=N–C) groups is 1. The number of thioether (sulfide) groups is 1. The summed E-state index contributed by atoms with van der Waals surface area (Å²) in [5, 5.41) is 7.62. The highest BCUT2D eigenvalue weighted by atomic mass is 127. The molecule has 2 aliphatic rings. The van der Waals surface area contributed by atoms with Crippen LogP contribution in [0.2, 0.25) is 0 Å². The van der Waals surface area contributed by atoms with E-state index in [1.165, 1.54) is 48.3 Å². The van der Waals surface area contributed by atoms with Gasteiger partial charge in [0.15, 0.2) is 5.96 Å². The molecule has 140 valence electrons. The van der Waals surface area contributed by atoms with Gasteiger partial charge in [-0.15, -0.1) is 24.0 Å². The van der Waals surface area contributed by atoms with Crippen LogP contribution in [0, 0.1) is 0 Å². The molecule has 0 saturated carbocycles. The minimum Gasteiger partial charge on any atom is -0.374 e. The Morgan fingerprint density at radius 3 is 2.96 bits per heavy atom. The summed E-state index contributed by atoms with van der Waals surface area (Å²) in [7, 11) is 2.18. The van der Waals surface area contributed by atoms with Crippen molar-refractivity contribution in [1.29, 1.82) is 0 Å². The van der Waals surface area contributed by atoms with Gasteiger partial charge in [-0.1, -0.05) is 12.1 Å². The zero-order chi connectivity index (χ0) is 16.8. The molecule has 6 heteroatoms. The summed E-state index contributed by atoms with van der Waals surface area (Å²) in [6.45, 7) is 5.95. The zero-order valence-electron chi connectivity index (χ0n) is 15.4. The third-order valence-electron chi connectivity index (χ3n) is 4.78. The van der Waals surface area contributed by atoms with Crippen LogP contribution in [0.15, 0.2) is 23.2 Å². The fourth-order valence-corrected chi connectivity index (χ4v) is 4.67. The van der Waals surface area contributed by atoms with Crippen molar-refractivity contribution >= 4 is 47.4 Å². The summed E-state index contributed by atoms with van der Waals surface area (Å²) in [6.07, 6.45) is 5.12. The Labute approximate surface area is 173 Å². The van der Waals surface area contributed by atoms with Gasteiger partial charge in [0.2, 0.25) is 0 Å². The number of guanidine groups is 1. The summed E-state index contributed by atoms with van der Waals surface area (Å²) in [4.78, 5) is 7.14. The maximum atomic E-state index is 4.78. The molecular weight excluding hydrogens is 443 g/mol. The molecule has 0 bridgehead atoms. The second kappa shape index (κ2) is 10.5. The van der Waals surface area contributed by atoms with E-state index in [4.69, 9.17) is 4.99 Å². The standard InChI is InChI=1S/C19H30N4S.HI/c1-3-20-19(22-14-17-7-5-11-24-17)21-13-15-8-9-18-16(12-15)6-4-10-23(18)2;/h8-9,12,17H,3-7,10-11,13-14H2,1-2H3,(H2,20,21,22);1H. The van der Waals surface area contributed by atoms with E-state index in [1.807, 2.05) is 0 Å². The summed E-state index contributed by atoms with van der Waals surface area (Å²) >= 11 is 2.08. The fraction of sp³-hybridized carbons (Fsp3) is 0.632. The first-order valence-electron chi connectivity index (χ1n) is 9.23. The van der Waals surface area contributed by atoms with E-state index in [9.17, 15) is 0 Å². The van der Waals surface area contributed by atoms with Crippen LogP contribution in [0.3, 0.4) is 0 Å². The zero-order valence-corrected chi connectivity index (χ0v) is 18.5. The molecule has 1 unspecified atom stereocenters. The van der Waals surface area contributed by atoms with Gasteiger partial charge in [-0.3, -0.25) is 0 Å². The second-order valence-electron chi connectivity index (χ2n) is 6.70. The fourth-order valence-electron chi connectivity index (χ4n) is 3.46. The van der Waals surface area contributed by atoms with E-state index in [1.54, 1.807) is 0 Å². The SMILES string of the molecule is CCNC(=NCc1ccc2c(c1)CCCN2C)NCC1CCCS1.I. The van der Waals surface area contributed by atoms with Gasteiger partial charge < -0.3 is 15.5 Å². The van der Waals surface area contributed by atoms with E-state index < -0.39 is 0 Å². The molecule has 1 fully saturated rings. The average Bonchev–Trinajstić information content (AvgIpc) is 3.11. The molecule has 3 rings (SSSR count). The van der Waals surface area contributed by atoms with Crippen molar-refractivity contribution in [3.8, 4) is 0 Å². The Hall–Kier alpha value is -0.630. The lowest BCUT2D eigenvalue weighted by atomic mass is 10.00. The van der Waals surface area contributed by atoms with Crippen LogP contribution in [0.25, 0.3) is 0 Å². The number of fused-ring (bicyclic) bond motifs is 1. The predicted octanol–water partition coefficient (Wildman–Crippen LogP) is 3.64. The molecule has 4 nitrogen and oxygen atoms in total. The number of benzene rings is 1. The van der Waals surface area contributed by atoms with Crippen molar-refractivity contribution in [2.24, 2.45) is 4.99 Å². The number of anilines is 1. The number of hydrogen-bond donors (Lipinski definition) is 2. The number of aryl methyl sites for hydroxylation is 1. The van der Waals surface area contributed by atoms with Gasteiger partial charge in [-0.25, -0.2) is 4.99 Å². The van der Waals surface area contributed by atoms with Crippen molar-refractivity contribution in [3.05, 3.63) is 29.3 Å². The molecule has 0 aliphatic carbocycles. The number of rotatable bonds is 5. The molecule has 0 amide bonds. The van der Waals surface area contributed by atoms with Crippen molar-refractivity contribution in [1.82, 2.24) is 10.6 Å². The molecule has 2 aliphatic heterocycles. The van der Waals surface area contributed by atoms with Gasteiger partial charge in [0.25, 0.3) is 0 Å². The summed E-state index contributed by atoms with van der Waals surface area (Å²) in [5.41, 5.74) is 4.16. The van der Waals surface area contributed by atoms with E-state index in [2.05, 4.69) is 59.5 Å². The van der Waals surface area contributed by atoms with Crippen LogP contribution in [-0.2, 0) is 13.0 Å². The number of hydrogen-bond acceptors (Lipinski definition) is 3. The first-order chi connectivity index (χ1) is 11.8. The Morgan fingerprint density at radius 1 is 1.32 bits per heavy atom. The molecule has 0 radical (unpaired) electrons. The van der Waals surface area contributed by atoms with E-state index in [-0.39, 0.29) is 24.0 Å². The average molecular weight is 474 g/mol. The third-order valence-corrected chi connectivity index (χ3v) is 6.18. The number of nitrogens with zero attached hydrogens (tertiary/aromatic N) is 2. The third kappa shape index (κ3) is 5.94. The van der Waals surface area contributed by atoms with E-state index in [0.29, 0.717) is 0 Å². The highest BCUT2D eigenvalue weighted by Gasteiger charge is 2.16. The maximum absolute atomic E-state index is 4.78. The lowest BCUT2D eigenvalue weighted by Crippen LogP contribution is -2.40. The van der Waals surface area contributed by atoms with Gasteiger partial charge in [-0.2, -0.15) is 11.8 Å². The Kier molecular flexibility index (Phi) is 8.69. The van der Waals surface area contributed by atoms with Crippen LogP contribution in [-0.4, -0.2) is 43.6 Å². The molecule has 1 saturated heterocycles. The number of nitrogens with one attached hydrogen (secondary N) is 2. The van der Waals surface area contributed by atoms with Gasteiger partial charge in [0.1, 0.15) is 0 Å². The first kappa shape index (κ1) is 20.7. The minimum atomic E-state index is 0. The smallest absolute Gasteiger partial charge is 0.191 e. The highest BCUT2D eigenvalue weighted by molar-refractivity contribution is 14.0. The van der Waals surface area contributed by atoms with Crippen LogP contribution in [0.1, 0.15) is 37.3 Å². The normalized spacial score (nSPS) is 20.0. The van der Waals surface area contributed by atoms with Gasteiger partial charge in [0, 0.05) is 37.6 Å². The Balaban J connectivity index is 0.00000225. The van der Waals surface area contributed by atoms with Crippen LogP contribution in [0.5, 0.6) is 0 Å². The molecular formula is C19H31IN4S. The van der Waals surface area contributed by atoms with Crippen molar-refractivity contribution < 1.29 is 0 Å². The molecule has 2 N–H and O–H groups in total. The number of halogens is 1. The van der Waals surface area contributed by atoms with Gasteiger partial charge in [0.05, 0.1) is 6.54 Å². The summed E-state index contributed by atoms with van der Waals surface area (Å²) in [6, 6.07) is 6.82. The molecule has 0 spiro atoms. The molecule has 1 aromatic carbocycles. The van der Waals surface area contributed by atoms with Crippen molar-refractivity contribution in [2.45, 2.75) is 44.4 Å². The maximum Gasteiger partial charge on any atom is 0.191 e. The van der Waals surface area contributed by atoms with Crippen LogP contribution < -0.4 is 15.5 Å². The first-order valence-corrected chi connectivity index (χ1v) is 10.3. The molecule has 1 aromatic rings. The topological polar surface area (TPSA) is 39.7 Å². The van der Waals surface area contributed by atoms with E-state index >= 15 is 0 Å². The van der Waals surface area contributed by atoms with Gasteiger partial charge in [-0.05, 0) is 55.6 Å². The van der Waals surface area contributed by atoms with Crippen LogP contribution >= 0.6 is 35.7 Å². The summed E-state index contributed by atoms with van der Waals surface area (Å²) in [5.74, 6) is 2.25. The lowest BCUT2D eigenvalue weighted by Gasteiger charge is -2.27. The molecule has 25 heavy (non-hydrogen) atoms. The van der Waals surface area contributed by atoms with E-state index in [0.717, 1.165) is 37.4 Å². The molecule has 1 atom stereocenters. The molecule has 0 aromatic heterocycles. The quantitative estimate of drug-likeness (QED) is 0.389. The van der Waals surface area contributed by atoms with Crippen molar-refractivity contribution in [2.75, 3.05) is 37.3 Å². The Bertz CT molecular complexity index is 573. The second-order valence-corrected chi connectivity index (χ2v) is 8.11.